The van der Waals surface area contributed by atoms with E-state index in [2.05, 4.69) is 22.0 Å². The van der Waals surface area contributed by atoms with Gasteiger partial charge in [-0.05, 0) is 30.5 Å². The molecule has 12 heavy (non-hydrogen) atoms. The molecule has 1 nitrogen and oxygen atoms in total. The second-order valence-electron chi connectivity index (χ2n) is 2.80. The Balaban J connectivity index is 3.23. The summed E-state index contributed by atoms with van der Waals surface area (Å²) in [6.45, 7) is 4.04. The normalized spacial score (nSPS) is 12.2. The third kappa shape index (κ3) is 1.67. The van der Waals surface area contributed by atoms with Crippen LogP contribution in [0.25, 0.3) is 0 Å². The zero-order valence-electron chi connectivity index (χ0n) is 7.13. The van der Waals surface area contributed by atoms with E-state index in [4.69, 9.17) is 5.26 Å². The third-order valence-corrected chi connectivity index (χ3v) is 2.57. The number of hydrogen-bond donors (Lipinski definition) is 0. The summed E-state index contributed by atoms with van der Waals surface area (Å²) in [5.41, 5.74) is 3.43. The first-order chi connectivity index (χ1) is 5.66. The summed E-state index contributed by atoms with van der Waals surface area (Å²) in [5.74, 6) is 0. The molecule has 0 saturated heterocycles. The van der Waals surface area contributed by atoms with Gasteiger partial charge in [0, 0.05) is 0 Å². The highest BCUT2D eigenvalue weighted by molar-refractivity contribution is 9.09. The molecule has 0 spiro atoms. The average Bonchev–Trinajstić information content (AvgIpc) is 2.03. The minimum absolute atomic E-state index is 0.182. The molecule has 1 unspecified atom stereocenters. The predicted octanol–water partition coefficient (Wildman–Crippen LogP) is 3.26. The van der Waals surface area contributed by atoms with Crippen molar-refractivity contribution in [3.05, 3.63) is 34.9 Å². The fourth-order valence-corrected chi connectivity index (χ4v) is 2.01. The van der Waals surface area contributed by atoms with E-state index in [0.717, 1.165) is 5.56 Å². The van der Waals surface area contributed by atoms with Gasteiger partial charge in [-0.25, -0.2) is 0 Å². The third-order valence-electron chi connectivity index (χ3n) is 1.91. The number of alkyl halides is 1. The van der Waals surface area contributed by atoms with Crippen LogP contribution in [-0.2, 0) is 0 Å². The van der Waals surface area contributed by atoms with Crippen LogP contribution >= 0.6 is 15.9 Å². The van der Waals surface area contributed by atoms with Crippen molar-refractivity contribution >= 4 is 15.9 Å². The summed E-state index contributed by atoms with van der Waals surface area (Å²) in [6, 6.07) is 8.23. The second kappa shape index (κ2) is 3.73. The van der Waals surface area contributed by atoms with Crippen molar-refractivity contribution in [2.45, 2.75) is 18.7 Å². The molecule has 0 bridgehead atoms. The van der Waals surface area contributed by atoms with Gasteiger partial charge in [-0.15, -0.1) is 0 Å². The monoisotopic (exact) mass is 223 g/mol. The first-order valence-corrected chi connectivity index (χ1v) is 4.68. The van der Waals surface area contributed by atoms with Gasteiger partial charge in [-0.1, -0.05) is 34.1 Å². The maximum Gasteiger partial charge on any atom is 0.127 e. The molecule has 1 aromatic carbocycles. The van der Waals surface area contributed by atoms with Crippen LogP contribution in [0.3, 0.4) is 0 Å². The molecule has 0 radical (unpaired) electrons. The van der Waals surface area contributed by atoms with Crippen molar-refractivity contribution in [2.24, 2.45) is 0 Å². The van der Waals surface area contributed by atoms with Gasteiger partial charge in [0.05, 0.1) is 6.07 Å². The molecule has 0 N–H and O–H groups in total. The molecule has 0 saturated carbocycles. The molecular weight excluding hydrogens is 214 g/mol. The minimum Gasteiger partial charge on any atom is -0.197 e. The molecule has 62 valence electrons. The lowest BCUT2D eigenvalue weighted by molar-refractivity contribution is 1.16. The van der Waals surface area contributed by atoms with Gasteiger partial charge in [0.15, 0.2) is 0 Å². The zero-order valence-corrected chi connectivity index (χ0v) is 8.72. The van der Waals surface area contributed by atoms with Crippen LogP contribution in [0.5, 0.6) is 0 Å². The summed E-state index contributed by atoms with van der Waals surface area (Å²) in [7, 11) is 0. The van der Waals surface area contributed by atoms with E-state index in [1.54, 1.807) is 0 Å². The Bertz CT molecular complexity index is 305. The van der Waals surface area contributed by atoms with Crippen molar-refractivity contribution in [3.63, 3.8) is 0 Å². The Hall–Kier alpha value is -0.810. The Labute approximate surface area is 81.2 Å². The van der Waals surface area contributed by atoms with E-state index in [0.29, 0.717) is 0 Å². The largest absolute Gasteiger partial charge is 0.197 e. The number of aryl methyl sites for hydroxylation is 2. The van der Waals surface area contributed by atoms with Crippen molar-refractivity contribution in [1.29, 1.82) is 5.26 Å². The molecule has 0 aliphatic carbocycles. The molecule has 0 aromatic heterocycles. The van der Waals surface area contributed by atoms with Gasteiger partial charge in [0.25, 0.3) is 0 Å². The lowest BCUT2D eigenvalue weighted by Gasteiger charge is -2.09. The number of rotatable bonds is 1. The summed E-state index contributed by atoms with van der Waals surface area (Å²) in [6.07, 6.45) is 0. The fourth-order valence-electron chi connectivity index (χ4n) is 1.29. The Morgan fingerprint density at radius 3 is 2.25 bits per heavy atom. The van der Waals surface area contributed by atoms with Crippen molar-refractivity contribution < 1.29 is 0 Å². The SMILES string of the molecule is Cc1cccc(C)c1C(Br)C#N. The van der Waals surface area contributed by atoms with Crippen LogP contribution in [0.15, 0.2) is 18.2 Å². The smallest absolute Gasteiger partial charge is 0.127 e. The summed E-state index contributed by atoms with van der Waals surface area (Å²) >= 11 is 3.33. The number of benzene rings is 1. The maximum absolute atomic E-state index is 8.74. The summed E-state index contributed by atoms with van der Waals surface area (Å²) in [5, 5.41) is 8.74. The number of hydrogen-bond acceptors (Lipinski definition) is 1. The van der Waals surface area contributed by atoms with Gasteiger partial charge in [0.1, 0.15) is 4.83 Å². The molecule has 0 heterocycles. The van der Waals surface area contributed by atoms with E-state index in [-0.39, 0.29) is 4.83 Å². The van der Waals surface area contributed by atoms with Crippen LogP contribution in [-0.4, -0.2) is 0 Å². The second-order valence-corrected chi connectivity index (χ2v) is 3.71. The summed E-state index contributed by atoms with van der Waals surface area (Å²) < 4.78 is 0. The lowest BCUT2D eigenvalue weighted by atomic mass is 10.0. The molecule has 1 rings (SSSR count). The molecule has 1 atom stereocenters. The number of nitriles is 1. The van der Waals surface area contributed by atoms with Crippen molar-refractivity contribution in [1.82, 2.24) is 0 Å². The van der Waals surface area contributed by atoms with Crippen LogP contribution in [0.4, 0.5) is 0 Å². The summed E-state index contributed by atoms with van der Waals surface area (Å²) in [4.78, 5) is -0.182. The highest BCUT2D eigenvalue weighted by atomic mass is 79.9. The van der Waals surface area contributed by atoms with Crippen LogP contribution in [0.2, 0.25) is 0 Å². The van der Waals surface area contributed by atoms with Crippen LogP contribution < -0.4 is 0 Å². The average molecular weight is 224 g/mol. The van der Waals surface area contributed by atoms with Gasteiger partial charge < -0.3 is 0 Å². The lowest BCUT2D eigenvalue weighted by Crippen LogP contribution is -1.94. The first kappa shape index (κ1) is 9.28. The predicted molar refractivity (Wildman–Crippen MR) is 53.2 cm³/mol. The number of nitrogens with zero attached hydrogens (tertiary/aromatic N) is 1. The highest BCUT2D eigenvalue weighted by Crippen LogP contribution is 2.27. The quantitative estimate of drug-likeness (QED) is 0.671. The van der Waals surface area contributed by atoms with Gasteiger partial charge in [-0.2, -0.15) is 5.26 Å². The van der Waals surface area contributed by atoms with Crippen LogP contribution in [0, 0.1) is 25.2 Å². The van der Waals surface area contributed by atoms with E-state index < -0.39 is 0 Å². The maximum atomic E-state index is 8.74. The molecule has 0 aliphatic heterocycles. The van der Waals surface area contributed by atoms with E-state index >= 15 is 0 Å². The Kier molecular flexibility index (Phi) is 2.88. The highest BCUT2D eigenvalue weighted by Gasteiger charge is 2.10. The van der Waals surface area contributed by atoms with Crippen LogP contribution in [0.1, 0.15) is 21.5 Å². The first-order valence-electron chi connectivity index (χ1n) is 3.76. The molecule has 0 aliphatic rings. The van der Waals surface area contributed by atoms with Gasteiger partial charge in [0.2, 0.25) is 0 Å². The molecule has 2 heteroatoms. The Morgan fingerprint density at radius 2 is 1.83 bits per heavy atom. The minimum atomic E-state index is -0.182. The number of halogens is 1. The molecule has 1 aromatic rings. The van der Waals surface area contributed by atoms with E-state index in [1.807, 2.05) is 32.0 Å². The Morgan fingerprint density at radius 1 is 1.33 bits per heavy atom. The van der Waals surface area contributed by atoms with Gasteiger partial charge in [-0.3, -0.25) is 0 Å². The standard InChI is InChI=1S/C10H10BrN/c1-7-4-3-5-8(2)10(7)9(11)6-12/h3-5,9H,1-2H3. The molecule has 0 amide bonds. The van der Waals surface area contributed by atoms with E-state index in [9.17, 15) is 0 Å². The zero-order chi connectivity index (χ0) is 9.14. The molecular formula is C10H10BrN. The molecule has 0 fully saturated rings. The van der Waals surface area contributed by atoms with Gasteiger partial charge >= 0.3 is 0 Å². The van der Waals surface area contributed by atoms with E-state index in [1.165, 1.54) is 11.1 Å². The topological polar surface area (TPSA) is 23.8 Å². The van der Waals surface area contributed by atoms with Crippen molar-refractivity contribution in [3.8, 4) is 6.07 Å². The fraction of sp³-hybridized carbons (Fsp3) is 0.300. The van der Waals surface area contributed by atoms with Crippen molar-refractivity contribution in [2.75, 3.05) is 0 Å².